The van der Waals surface area contributed by atoms with Crippen molar-refractivity contribution in [3.63, 3.8) is 0 Å². The number of aromatic nitrogens is 2. The highest BCUT2D eigenvalue weighted by Crippen LogP contribution is 2.39. The molecule has 4 nitrogen and oxygen atoms in total. The zero-order valence-corrected chi connectivity index (χ0v) is 12.4. The molecule has 2 aromatic rings. The molecule has 1 aromatic carbocycles. The first-order valence-electron chi connectivity index (χ1n) is 7.92. The molecule has 0 amide bonds. The molecule has 110 valence electrons. The summed E-state index contributed by atoms with van der Waals surface area (Å²) in [5.74, 6) is 2.25. The Morgan fingerprint density at radius 3 is 3.10 bits per heavy atom. The molecule has 1 saturated carbocycles. The van der Waals surface area contributed by atoms with Gasteiger partial charge in [-0.25, -0.2) is 4.98 Å². The molecule has 2 aliphatic rings. The lowest BCUT2D eigenvalue weighted by molar-refractivity contribution is 0.0951. The average Bonchev–Trinajstić information content (AvgIpc) is 3.16. The number of rotatable bonds is 3. The van der Waals surface area contributed by atoms with Crippen molar-refractivity contribution in [2.24, 2.45) is 18.9 Å². The highest BCUT2D eigenvalue weighted by Gasteiger charge is 2.39. The third-order valence-electron chi connectivity index (χ3n) is 5.32. The maximum absolute atomic E-state index is 12.7. The van der Waals surface area contributed by atoms with Gasteiger partial charge in [0.05, 0.1) is 11.0 Å². The van der Waals surface area contributed by atoms with Crippen LogP contribution in [0.3, 0.4) is 0 Å². The van der Waals surface area contributed by atoms with Crippen molar-refractivity contribution >= 4 is 16.8 Å². The number of imidazole rings is 1. The normalized spacial score (nSPS) is 28.1. The second kappa shape index (κ2) is 4.95. The van der Waals surface area contributed by atoms with Gasteiger partial charge in [-0.3, -0.25) is 4.79 Å². The van der Waals surface area contributed by atoms with E-state index in [0.717, 1.165) is 23.5 Å². The first-order valence-corrected chi connectivity index (χ1v) is 7.92. The van der Waals surface area contributed by atoms with Crippen molar-refractivity contribution in [3.05, 3.63) is 30.1 Å². The number of nitrogens with one attached hydrogen (secondary N) is 1. The minimum Gasteiger partial charge on any atom is -0.325 e. The Bertz CT molecular complexity index is 690. The standard InChI is InChI=1S/C17H21N3O/c1-20-15-8-3-2-7-13(15)19-17(20)16(21)9-14-12-6-4-5-11(12)10-18-14/h2-3,7-8,11-12,14,18H,4-6,9-10H2,1H3. The van der Waals surface area contributed by atoms with Crippen LogP contribution in [0.2, 0.25) is 0 Å². The van der Waals surface area contributed by atoms with E-state index in [1.807, 2.05) is 35.9 Å². The number of aryl methyl sites for hydroxylation is 1. The molecule has 1 aliphatic heterocycles. The van der Waals surface area contributed by atoms with E-state index in [9.17, 15) is 4.79 Å². The van der Waals surface area contributed by atoms with Crippen LogP contribution in [0, 0.1) is 11.8 Å². The molecule has 1 N–H and O–H groups in total. The van der Waals surface area contributed by atoms with Gasteiger partial charge in [0, 0.05) is 19.5 Å². The number of carbonyl (C=O) groups is 1. The number of para-hydroxylation sites is 2. The maximum Gasteiger partial charge on any atom is 0.199 e. The van der Waals surface area contributed by atoms with Gasteiger partial charge < -0.3 is 9.88 Å². The number of nitrogens with zero attached hydrogens (tertiary/aromatic N) is 2. The van der Waals surface area contributed by atoms with Crippen molar-refractivity contribution in [1.82, 2.24) is 14.9 Å². The number of benzene rings is 1. The summed E-state index contributed by atoms with van der Waals surface area (Å²) in [6.45, 7) is 1.09. The number of fused-ring (bicyclic) bond motifs is 2. The molecule has 3 atom stereocenters. The number of carbonyl (C=O) groups excluding carboxylic acids is 1. The quantitative estimate of drug-likeness (QED) is 0.881. The van der Waals surface area contributed by atoms with Gasteiger partial charge in [-0.2, -0.15) is 0 Å². The smallest absolute Gasteiger partial charge is 0.199 e. The highest BCUT2D eigenvalue weighted by molar-refractivity contribution is 5.96. The SMILES string of the molecule is Cn1c(C(=O)CC2NCC3CCCC32)nc2ccccc21. The molecular formula is C17H21N3O. The van der Waals surface area contributed by atoms with E-state index in [4.69, 9.17) is 0 Å². The summed E-state index contributed by atoms with van der Waals surface area (Å²) < 4.78 is 1.93. The fourth-order valence-corrected chi connectivity index (χ4v) is 4.21. The Morgan fingerprint density at radius 2 is 2.24 bits per heavy atom. The summed E-state index contributed by atoms with van der Waals surface area (Å²) >= 11 is 0. The summed E-state index contributed by atoms with van der Waals surface area (Å²) in [5.41, 5.74) is 1.93. The molecular weight excluding hydrogens is 262 g/mol. The molecule has 2 fully saturated rings. The van der Waals surface area contributed by atoms with E-state index >= 15 is 0 Å². The van der Waals surface area contributed by atoms with E-state index in [-0.39, 0.29) is 5.78 Å². The van der Waals surface area contributed by atoms with Gasteiger partial charge >= 0.3 is 0 Å². The van der Waals surface area contributed by atoms with Crippen molar-refractivity contribution in [2.75, 3.05) is 6.54 Å². The predicted octanol–water partition coefficient (Wildman–Crippen LogP) is 2.53. The fraction of sp³-hybridized carbons (Fsp3) is 0.529. The lowest BCUT2D eigenvalue weighted by Gasteiger charge is -2.17. The number of ketones is 1. The molecule has 1 aliphatic carbocycles. The molecule has 4 heteroatoms. The molecule has 3 unspecified atom stereocenters. The molecule has 1 aromatic heterocycles. The monoisotopic (exact) mass is 283 g/mol. The topological polar surface area (TPSA) is 46.9 Å². The first kappa shape index (κ1) is 13.0. The number of hydrogen-bond donors (Lipinski definition) is 1. The van der Waals surface area contributed by atoms with Crippen LogP contribution in [-0.2, 0) is 7.05 Å². The van der Waals surface area contributed by atoms with Crippen LogP contribution in [-0.4, -0.2) is 27.9 Å². The largest absolute Gasteiger partial charge is 0.325 e. The third-order valence-corrected chi connectivity index (χ3v) is 5.32. The lowest BCUT2D eigenvalue weighted by Crippen LogP contribution is -2.30. The molecule has 0 bridgehead atoms. The van der Waals surface area contributed by atoms with E-state index in [1.165, 1.54) is 19.3 Å². The molecule has 0 radical (unpaired) electrons. The minimum absolute atomic E-state index is 0.166. The minimum atomic E-state index is 0.166. The molecule has 4 rings (SSSR count). The van der Waals surface area contributed by atoms with Gasteiger partial charge in [0.2, 0.25) is 0 Å². The Kier molecular flexibility index (Phi) is 3.07. The van der Waals surface area contributed by atoms with Crippen LogP contribution in [0.1, 0.15) is 36.3 Å². The van der Waals surface area contributed by atoms with Crippen LogP contribution in [0.15, 0.2) is 24.3 Å². The Morgan fingerprint density at radius 1 is 1.38 bits per heavy atom. The summed E-state index contributed by atoms with van der Waals surface area (Å²) in [4.78, 5) is 17.2. The van der Waals surface area contributed by atoms with Gasteiger partial charge in [0.1, 0.15) is 0 Å². The van der Waals surface area contributed by atoms with Crippen molar-refractivity contribution in [2.45, 2.75) is 31.7 Å². The van der Waals surface area contributed by atoms with Crippen LogP contribution >= 0.6 is 0 Å². The van der Waals surface area contributed by atoms with E-state index in [2.05, 4.69) is 10.3 Å². The molecule has 21 heavy (non-hydrogen) atoms. The van der Waals surface area contributed by atoms with Crippen molar-refractivity contribution < 1.29 is 4.79 Å². The van der Waals surface area contributed by atoms with Crippen LogP contribution in [0.25, 0.3) is 11.0 Å². The lowest BCUT2D eigenvalue weighted by atomic mass is 9.91. The third kappa shape index (κ3) is 2.09. The fourth-order valence-electron chi connectivity index (χ4n) is 4.21. The molecule has 2 heterocycles. The first-order chi connectivity index (χ1) is 10.2. The summed E-state index contributed by atoms with van der Waals surface area (Å²) in [6, 6.07) is 8.28. The van der Waals surface area contributed by atoms with Gasteiger partial charge in [0.15, 0.2) is 11.6 Å². The average molecular weight is 283 g/mol. The maximum atomic E-state index is 12.7. The van der Waals surface area contributed by atoms with Crippen molar-refractivity contribution in [1.29, 1.82) is 0 Å². The van der Waals surface area contributed by atoms with Crippen LogP contribution in [0.5, 0.6) is 0 Å². The van der Waals surface area contributed by atoms with E-state index < -0.39 is 0 Å². The Hall–Kier alpha value is -1.68. The highest BCUT2D eigenvalue weighted by atomic mass is 16.1. The zero-order valence-electron chi connectivity index (χ0n) is 12.4. The second-order valence-electron chi connectivity index (χ2n) is 6.48. The van der Waals surface area contributed by atoms with Gasteiger partial charge in [-0.05, 0) is 43.4 Å². The van der Waals surface area contributed by atoms with Crippen LogP contribution < -0.4 is 5.32 Å². The second-order valence-corrected chi connectivity index (χ2v) is 6.48. The Balaban J connectivity index is 1.58. The summed E-state index contributed by atoms with van der Waals surface area (Å²) in [6.07, 6.45) is 4.51. The van der Waals surface area contributed by atoms with E-state index in [1.54, 1.807) is 0 Å². The molecule has 0 spiro atoms. The summed E-state index contributed by atoms with van der Waals surface area (Å²) in [7, 11) is 1.93. The van der Waals surface area contributed by atoms with Gasteiger partial charge in [0.25, 0.3) is 0 Å². The van der Waals surface area contributed by atoms with E-state index in [0.29, 0.717) is 24.2 Å². The number of hydrogen-bond acceptors (Lipinski definition) is 3. The molecule has 1 saturated heterocycles. The Labute approximate surface area is 124 Å². The predicted molar refractivity (Wildman–Crippen MR) is 82.3 cm³/mol. The van der Waals surface area contributed by atoms with Crippen molar-refractivity contribution in [3.8, 4) is 0 Å². The summed E-state index contributed by atoms with van der Waals surface area (Å²) in [5, 5.41) is 3.55. The van der Waals surface area contributed by atoms with Crippen LogP contribution in [0.4, 0.5) is 0 Å². The zero-order chi connectivity index (χ0) is 14.4. The number of Topliss-reactive ketones (excluding diaryl/α,β-unsaturated/α-hetero) is 1. The van der Waals surface area contributed by atoms with Gasteiger partial charge in [-0.1, -0.05) is 18.6 Å². The van der Waals surface area contributed by atoms with Gasteiger partial charge in [-0.15, -0.1) is 0 Å².